The van der Waals surface area contributed by atoms with Gasteiger partial charge in [-0.2, -0.15) is 0 Å². The number of halogens is 1. The van der Waals surface area contributed by atoms with E-state index in [-0.39, 0.29) is 9.92 Å². The summed E-state index contributed by atoms with van der Waals surface area (Å²) in [6.45, 7) is 0.351. The number of benzene rings is 1. The number of nitro groups is 1. The fraction of sp³-hybridized carbons (Fsp3) is 0.500. The van der Waals surface area contributed by atoms with Crippen molar-refractivity contribution in [3.63, 3.8) is 0 Å². The van der Waals surface area contributed by atoms with Crippen LogP contribution in [0.3, 0.4) is 0 Å². The lowest BCUT2D eigenvalue weighted by Crippen LogP contribution is -2.27. The molecule has 0 unspecified atom stereocenters. The molecule has 0 heterocycles. The third-order valence-corrected chi connectivity index (χ3v) is 5.27. The second-order valence-corrected chi connectivity index (χ2v) is 7.03. The van der Waals surface area contributed by atoms with Crippen LogP contribution < -0.4 is 4.72 Å². The molecule has 110 valence electrons. The van der Waals surface area contributed by atoms with Gasteiger partial charge in [-0.3, -0.25) is 10.1 Å². The van der Waals surface area contributed by atoms with Crippen LogP contribution in [0.15, 0.2) is 23.1 Å². The number of rotatable bonds is 6. The molecular formula is C12H15ClN2O4S. The first-order valence-corrected chi connectivity index (χ1v) is 8.20. The van der Waals surface area contributed by atoms with E-state index in [1.807, 2.05) is 0 Å². The molecule has 0 amide bonds. The van der Waals surface area contributed by atoms with Crippen molar-refractivity contribution >= 4 is 27.3 Å². The monoisotopic (exact) mass is 318 g/mol. The van der Waals surface area contributed by atoms with Crippen LogP contribution in [0, 0.1) is 16.0 Å². The van der Waals surface area contributed by atoms with Gasteiger partial charge in [-0.25, -0.2) is 13.1 Å². The lowest BCUT2D eigenvalue weighted by atomic mass is 9.83. The normalized spacial score (nSPS) is 15.8. The SMILES string of the molecule is O=[N+]([O-])c1cc(S(=O)(=O)NCCC2CCC2)ccc1Cl. The van der Waals surface area contributed by atoms with E-state index >= 15 is 0 Å². The van der Waals surface area contributed by atoms with E-state index in [1.54, 1.807) is 0 Å². The maximum Gasteiger partial charge on any atom is 0.289 e. The molecule has 1 aromatic carbocycles. The van der Waals surface area contributed by atoms with Crippen molar-refractivity contribution in [2.45, 2.75) is 30.6 Å². The van der Waals surface area contributed by atoms with Crippen molar-refractivity contribution < 1.29 is 13.3 Å². The molecule has 0 atom stereocenters. The molecule has 8 heteroatoms. The Bertz CT molecular complexity index is 614. The molecule has 20 heavy (non-hydrogen) atoms. The van der Waals surface area contributed by atoms with Gasteiger partial charge in [-0.15, -0.1) is 0 Å². The summed E-state index contributed by atoms with van der Waals surface area (Å²) < 4.78 is 26.5. The Balaban J connectivity index is 2.08. The van der Waals surface area contributed by atoms with E-state index in [9.17, 15) is 18.5 Å². The van der Waals surface area contributed by atoms with Gasteiger partial charge in [-0.1, -0.05) is 30.9 Å². The molecule has 1 N–H and O–H groups in total. The standard InChI is InChI=1S/C12H15ClN2O4S/c13-11-5-4-10(8-12(11)15(16)17)20(18,19)14-7-6-9-2-1-3-9/h4-5,8-9,14H,1-3,6-7H2. The van der Waals surface area contributed by atoms with Crippen molar-refractivity contribution in [2.75, 3.05) is 6.54 Å². The minimum Gasteiger partial charge on any atom is -0.258 e. The van der Waals surface area contributed by atoms with Crippen molar-refractivity contribution in [3.8, 4) is 0 Å². The van der Waals surface area contributed by atoms with Crippen LogP contribution in [-0.2, 0) is 10.0 Å². The maximum atomic E-state index is 12.0. The van der Waals surface area contributed by atoms with Gasteiger partial charge in [0.25, 0.3) is 5.69 Å². The summed E-state index contributed by atoms with van der Waals surface area (Å²) in [7, 11) is -3.73. The molecule has 1 aliphatic rings. The summed E-state index contributed by atoms with van der Waals surface area (Å²) in [6.07, 6.45) is 4.30. The highest BCUT2D eigenvalue weighted by molar-refractivity contribution is 7.89. The zero-order chi connectivity index (χ0) is 14.8. The summed E-state index contributed by atoms with van der Waals surface area (Å²) in [4.78, 5) is 9.92. The number of nitro benzene ring substituents is 1. The molecule has 0 bridgehead atoms. The predicted molar refractivity (Wildman–Crippen MR) is 75.3 cm³/mol. The zero-order valence-corrected chi connectivity index (χ0v) is 12.3. The van der Waals surface area contributed by atoms with Gasteiger partial charge in [0.15, 0.2) is 0 Å². The first-order valence-electron chi connectivity index (χ1n) is 6.34. The van der Waals surface area contributed by atoms with Crippen LogP contribution >= 0.6 is 11.6 Å². The van der Waals surface area contributed by atoms with Gasteiger partial charge in [0.2, 0.25) is 10.0 Å². The Kier molecular flexibility index (Phi) is 4.62. The Morgan fingerprint density at radius 1 is 1.40 bits per heavy atom. The van der Waals surface area contributed by atoms with Crippen LogP contribution in [-0.4, -0.2) is 19.9 Å². The van der Waals surface area contributed by atoms with Gasteiger partial charge in [0.05, 0.1) is 9.82 Å². The highest BCUT2D eigenvalue weighted by atomic mass is 35.5. The minimum atomic E-state index is -3.73. The van der Waals surface area contributed by atoms with Crippen molar-refractivity contribution in [3.05, 3.63) is 33.3 Å². The summed E-state index contributed by atoms with van der Waals surface area (Å²) >= 11 is 5.66. The van der Waals surface area contributed by atoms with E-state index < -0.39 is 20.6 Å². The average molecular weight is 319 g/mol. The van der Waals surface area contributed by atoms with Gasteiger partial charge in [-0.05, 0) is 24.5 Å². The van der Waals surface area contributed by atoms with Gasteiger partial charge in [0, 0.05) is 12.6 Å². The number of nitrogens with one attached hydrogen (secondary N) is 1. The first kappa shape index (κ1) is 15.2. The third-order valence-electron chi connectivity index (χ3n) is 3.49. The lowest BCUT2D eigenvalue weighted by molar-refractivity contribution is -0.384. The van der Waals surface area contributed by atoms with Gasteiger partial charge in [0.1, 0.15) is 5.02 Å². The Hall–Kier alpha value is -1.18. The molecule has 1 fully saturated rings. The molecule has 1 saturated carbocycles. The smallest absolute Gasteiger partial charge is 0.258 e. The molecule has 0 aliphatic heterocycles. The molecule has 0 saturated heterocycles. The highest BCUT2D eigenvalue weighted by Crippen LogP contribution is 2.29. The van der Waals surface area contributed by atoms with Crippen LogP contribution in [0.4, 0.5) is 5.69 Å². The van der Waals surface area contributed by atoms with Crippen LogP contribution in [0.25, 0.3) is 0 Å². The van der Waals surface area contributed by atoms with Crippen LogP contribution in [0.2, 0.25) is 5.02 Å². The average Bonchev–Trinajstić information content (AvgIpc) is 2.32. The van der Waals surface area contributed by atoms with Crippen molar-refractivity contribution in [2.24, 2.45) is 5.92 Å². The molecule has 0 spiro atoms. The number of hydrogen-bond acceptors (Lipinski definition) is 4. The second kappa shape index (κ2) is 6.07. The molecule has 6 nitrogen and oxygen atoms in total. The lowest BCUT2D eigenvalue weighted by Gasteiger charge is -2.25. The molecular weight excluding hydrogens is 304 g/mol. The highest BCUT2D eigenvalue weighted by Gasteiger charge is 2.22. The second-order valence-electron chi connectivity index (χ2n) is 4.85. The van der Waals surface area contributed by atoms with Crippen molar-refractivity contribution in [1.82, 2.24) is 4.72 Å². The minimum absolute atomic E-state index is 0.0802. The number of nitrogens with zero attached hydrogens (tertiary/aromatic N) is 1. The molecule has 1 aromatic rings. The molecule has 2 rings (SSSR count). The maximum absolute atomic E-state index is 12.0. The third kappa shape index (κ3) is 3.47. The number of sulfonamides is 1. The van der Waals surface area contributed by atoms with E-state index in [2.05, 4.69) is 4.72 Å². The quantitative estimate of drug-likeness (QED) is 0.645. The molecule has 1 aliphatic carbocycles. The van der Waals surface area contributed by atoms with Gasteiger partial charge >= 0.3 is 0 Å². The van der Waals surface area contributed by atoms with E-state index in [0.29, 0.717) is 12.5 Å². The fourth-order valence-electron chi connectivity index (χ4n) is 2.06. The fourth-order valence-corrected chi connectivity index (χ4v) is 3.32. The molecule has 0 radical (unpaired) electrons. The Labute approximate surface area is 122 Å². The van der Waals surface area contributed by atoms with Crippen LogP contribution in [0.1, 0.15) is 25.7 Å². The van der Waals surface area contributed by atoms with Crippen LogP contribution in [0.5, 0.6) is 0 Å². The Morgan fingerprint density at radius 2 is 2.10 bits per heavy atom. The van der Waals surface area contributed by atoms with E-state index in [0.717, 1.165) is 25.3 Å². The first-order chi connectivity index (χ1) is 9.40. The topological polar surface area (TPSA) is 89.3 Å². The summed E-state index contributed by atoms with van der Waals surface area (Å²) in [5.41, 5.74) is -0.409. The predicted octanol–water partition coefficient (Wildman–Crippen LogP) is 2.72. The van der Waals surface area contributed by atoms with E-state index in [4.69, 9.17) is 11.6 Å². The zero-order valence-electron chi connectivity index (χ0n) is 10.7. The summed E-state index contributed by atoms with van der Waals surface area (Å²) in [5.74, 6) is 0.595. The van der Waals surface area contributed by atoms with Gasteiger partial charge < -0.3 is 0 Å². The Morgan fingerprint density at radius 3 is 2.65 bits per heavy atom. The molecule has 0 aromatic heterocycles. The van der Waals surface area contributed by atoms with Crippen molar-refractivity contribution in [1.29, 1.82) is 0 Å². The number of hydrogen-bond donors (Lipinski definition) is 1. The largest absolute Gasteiger partial charge is 0.289 e. The summed E-state index contributed by atoms with van der Waals surface area (Å²) in [5, 5.41) is 10.7. The summed E-state index contributed by atoms with van der Waals surface area (Å²) in [6, 6.07) is 3.47. The van der Waals surface area contributed by atoms with E-state index in [1.165, 1.54) is 18.6 Å².